The summed E-state index contributed by atoms with van der Waals surface area (Å²) in [5.74, 6) is 0.405. The lowest BCUT2D eigenvalue weighted by Crippen LogP contribution is -2.56. The fourth-order valence-electron chi connectivity index (χ4n) is 2.55. The molecule has 19 heavy (non-hydrogen) atoms. The number of halogens is 1. The molecule has 0 radical (unpaired) electrons. The molecule has 1 aliphatic rings. The highest BCUT2D eigenvalue weighted by Crippen LogP contribution is 2.19. The third-order valence-corrected chi connectivity index (χ3v) is 5.14. The first-order valence-electron chi connectivity index (χ1n) is 6.78. The van der Waals surface area contributed by atoms with Crippen molar-refractivity contribution in [1.29, 1.82) is 0 Å². The molecule has 1 unspecified atom stereocenters. The van der Waals surface area contributed by atoms with E-state index in [1.807, 2.05) is 6.92 Å². The van der Waals surface area contributed by atoms with Gasteiger partial charge in [-0.2, -0.15) is 17.4 Å². The van der Waals surface area contributed by atoms with Crippen molar-refractivity contribution in [1.82, 2.24) is 9.03 Å². The van der Waals surface area contributed by atoms with Crippen molar-refractivity contribution in [2.45, 2.75) is 52.0 Å². The number of piperidine rings is 1. The predicted octanol–water partition coefficient (Wildman–Crippen LogP) is 1.49. The second-order valence-corrected chi connectivity index (χ2v) is 7.60. The Hall–Kier alpha value is 0.120. The Labute approximate surface area is 123 Å². The average molecular weight is 314 g/mol. The number of hydrogen-bond donors (Lipinski definition) is 2. The van der Waals surface area contributed by atoms with Gasteiger partial charge >= 0.3 is 0 Å². The van der Waals surface area contributed by atoms with Crippen LogP contribution < -0.4 is 10.5 Å². The van der Waals surface area contributed by atoms with Gasteiger partial charge in [0.2, 0.25) is 0 Å². The maximum Gasteiger partial charge on any atom is 0.279 e. The summed E-state index contributed by atoms with van der Waals surface area (Å²) in [7, 11) is -3.40. The molecule has 0 amide bonds. The molecule has 116 valence electrons. The van der Waals surface area contributed by atoms with Crippen LogP contribution in [0.5, 0.6) is 0 Å². The van der Waals surface area contributed by atoms with Crippen molar-refractivity contribution >= 4 is 22.6 Å². The van der Waals surface area contributed by atoms with Crippen LogP contribution in [0.1, 0.15) is 46.5 Å². The number of hydrogen-bond acceptors (Lipinski definition) is 3. The van der Waals surface area contributed by atoms with Crippen LogP contribution in [-0.4, -0.2) is 37.9 Å². The zero-order valence-corrected chi connectivity index (χ0v) is 13.8. The van der Waals surface area contributed by atoms with Gasteiger partial charge in [0.25, 0.3) is 10.2 Å². The van der Waals surface area contributed by atoms with Crippen molar-refractivity contribution in [3.63, 3.8) is 0 Å². The largest absolute Gasteiger partial charge is 0.329 e. The van der Waals surface area contributed by atoms with E-state index in [1.165, 1.54) is 0 Å². The highest BCUT2D eigenvalue weighted by atomic mass is 35.5. The van der Waals surface area contributed by atoms with Crippen LogP contribution in [0.25, 0.3) is 0 Å². The maximum absolute atomic E-state index is 12.3. The molecule has 1 heterocycles. The SMILES string of the molecule is CC(C)CC(C)(CN)NS(=O)(=O)N1CCCCC1.Cl. The molecular formula is C12H28ClN3O2S. The number of rotatable bonds is 6. The molecule has 0 aromatic heterocycles. The molecule has 5 nitrogen and oxygen atoms in total. The van der Waals surface area contributed by atoms with Gasteiger partial charge in [-0.3, -0.25) is 0 Å². The topological polar surface area (TPSA) is 75.4 Å². The van der Waals surface area contributed by atoms with Gasteiger partial charge in [0.05, 0.1) is 0 Å². The molecule has 1 fully saturated rings. The Morgan fingerprint density at radius 2 is 1.79 bits per heavy atom. The van der Waals surface area contributed by atoms with Gasteiger partial charge in [0.1, 0.15) is 0 Å². The van der Waals surface area contributed by atoms with E-state index < -0.39 is 15.7 Å². The Balaban J connectivity index is 0.00000324. The molecular weight excluding hydrogens is 286 g/mol. The normalized spacial score (nSPS) is 20.9. The van der Waals surface area contributed by atoms with E-state index in [-0.39, 0.29) is 12.4 Å². The van der Waals surface area contributed by atoms with Gasteiger partial charge in [-0.1, -0.05) is 20.3 Å². The lowest BCUT2D eigenvalue weighted by atomic mass is 9.92. The molecule has 1 aliphatic heterocycles. The smallest absolute Gasteiger partial charge is 0.279 e. The van der Waals surface area contributed by atoms with Crippen molar-refractivity contribution in [2.24, 2.45) is 11.7 Å². The van der Waals surface area contributed by atoms with Gasteiger partial charge in [0.15, 0.2) is 0 Å². The predicted molar refractivity (Wildman–Crippen MR) is 81.6 cm³/mol. The van der Waals surface area contributed by atoms with Gasteiger partial charge in [0, 0.05) is 25.2 Å². The number of nitrogens with two attached hydrogens (primary N) is 1. The first-order chi connectivity index (χ1) is 8.29. The van der Waals surface area contributed by atoms with Crippen LogP contribution in [0, 0.1) is 5.92 Å². The molecule has 0 aromatic carbocycles. The standard InChI is InChI=1S/C12H27N3O2S.ClH/c1-11(2)9-12(3,10-13)14-18(16,17)15-7-5-4-6-8-15;/h11,14H,4-10,13H2,1-3H3;1H. The first kappa shape index (κ1) is 19.1. The minimum atomic E-state index is -3.40. The molecule has 1 rings (SSSR count). The molecule has 0 saturated carbocycles. The lowest BCUT2D eigenvalue weighted by molar-refractivity contribution is 0.306. The van der Waals surface area contributed by atoms with Crippen LogP contribution in [0.3, 0.4) is 0 Å². The van der Waals surface area contributed by atoms with Crippen molar-refractivity contribution in [3.8, 4) is 0 Å². The maximum atomic E-state index is 12.3. The Morgan fingerprint density at radius 3 is 2.21 bits per heavy atom. The molecule has 0 aliphatic carbocycles. The Kier molecular flexibility index (Phi) is 7.83. The lowest BCUT2D eigenvalue weighted by Gasteiger charge is -2.34. The summed E-state index contributed by atoms with van der Waals surface area (Å²) < 4.78 is 28.9. The second-order valence-electron chi connectivity index (χ2n) is 5.93. The number of nitrogens with one attached hydrogen (secondary N) is 1. The first-order valence-corrected chi connectivity index (χ1v) is 8.22. The van der Waals surface area contributed by atoms with E-state index >= 15 is 0 Å². The summed E-state index contributed by atoms with van der Waals surface area (Å²) in [6, 6.07) is 0. The van der Waals surface area contributed by atoms with Crippen LogP contribution >= 0.6 is 12.4 Å². The quantitative estimate of drug-likeness (QED) is 0.780. The molecule has 1 saturated heterocycles. The van der Waals surface area contributed by atoms with E-state index in [2.05, 4.69) is 18.6 Å². The Bertz CT molecular complexity index is 356. The molecule has 0 spiro atoms. The molecule has 1 atom stereocenters. The van der Waals surface area contributed by atoms with E-state index in [0.717, 1.165) is 25.7 Å². The summed E-state index contributed by atoms with van der Waals surface area (Å²) >= 11 is 0. The van der Waals surface area contributed by atoms with Gasteiger partial charge in [-0.15, -0.1) is 12.4 Å². The van der Waals surface area contributed by atoms with Crippen molar-refractivity contribution < 1.29 is 8.42 Å². The average Bonchev–Trinajstić information content (AvgIpc) is 2.28. The second kappa shape index (κ2) is 7.78. The zero-order chi connectivity index (χ0) is 13.8. The van der Waals surface area contributed by atoms with E-state index in [0.29, 0.717) is 25.6 Å². The Morgan fingerprint density at radius 1 is 1.26 bits per heavy atom. The zero-order valence-electron chi connectivity index (χ0n) is 12.2. The minimum absolute atomic E-state index is 0. The molecule has 0 bridgehead atoms. The summed E-state index contributed by atoms with van der Waals surface area (Å²) in [4.78, 5) is 0. The molecule has 3 N–H and O–H groups in total. The third-order valence-electron chi connectivity index (χ3n) is 3.34. The van der Waals surface area contributed by atoms with E-state index in [1.54, 1.807) is 4.31 Å². The summed E-state index contributed by atoms with van der Waals surface area (Å²) in [6.45, 7) is 7.59. The fourth-order valence-corrected chi connectivity index (χ4v) is 4.21. The summed E-state index contributed by atoms with van der Waals surface area (Å²) in [5, 5.41) is 0. The summed E-state index contributed by atoms with van der Waals surface area (Å²) in [6.07, 6.45) is 3.76. The fraction of sp³-hybridized carbons (Fsp3) is 1.00. The van der Waals surface area contributed by atoms with Crippen molar-refractivity contribution in [2.75, 3.05) is 19.6 Å². The molecule has 7 heteroatoms. The van der Waals surface area contributed by atoms with Crippen LogP contribution in [-0.2, 0) is 10.2 Å². The van der Waals surface area contributed by atoms with Gasteiger partial charge in [-0.05, 0) is 32.1 Å². The van der Waals surface area contributed by atoms with Crippen LogP contribution in [0.4, 0.5) is 0 Å². The monoisotopic (exact) mass is 313 g/mol. The highest BCUT2D eigenvalue weighted by Gasteiger charge is 2.33. The number of nitrogens with zero attached hydrogens (tertiary/aromatic N) is 1. The van der Waals surface area contributed by atoms with Crippen LogP contribution in [0.2, 0.25) is 0 Å². The third kappa shape index (κ3) is 5.95. The summed E-state index contributed by atoms with van der Waals surface area (Å²) in [5.41, 5.74) is 5.20. The van der Waals surface area contributed by atoms with E-state index in [4.69, 9.17) is 5.73 Å². The van der Waals surface area contributed by atoms with Gasteiger partial charge in [-0.25, -0.2) is 0 Å². The van der Waals surface area contributed by atoms with Gasteiger partial charge < -0.3 is 5.73 Å². The minimum Gasteiger partial charge on any atom is -0.329 e. The molecule has 0 aromatic rings. The van der Waals surface area contributed by atoms with E-state index in [9.17, 15) is 8.42 Å². The van der Waals surface area contributed by atoms with Crippen molar-refractivity contribution in [3.05, 3.63) is 0 Å². The highest BCUT2D eigenvalue weighted by molar-refractivity contribution is 7.87. The van der Waals surface area contributed by atoms with Crippen LogP contribution in [0.15, 0.2) is 0 Å².